The number of rotatable bonds is 7. The number of oxime groups is 1. The molecule has 0 aliphatic heterocycles. The van der Waals surface area contributed by atoms with Crippen LogP contribution in [0.25, 0.3) is 56.4 Å². The topological polar surface area (TPSA) is 144 Å². The fourth-order valence-electron chi connectivity index (χ4n) is 5.84. The van der Waals surface area contributed by atoms with Gasteiger partial charge >= 0.3 is 0 Å². The molecule has 13 heteroatoms. The van der Waals surface area contributed by atoms with Gasteiger partial charge < -0.3 is 5.21 Å². The SMILES string of the molecule is N#Cc1ccccc1-c1ccccc1-c1nnnn1-c1ccccc1F.O/N=C/c1ccccc1-c1ccccc1-c1nnnn1-c1ccccc1F. The Morgan fingerprint density at radius 3 is 1.45 bits per heavy atom. The smallest absolute Gasteiger partial charge is 0.187 e. The van der Waals surface area contributed by atoms with Crippen LogP contribution in [0, 0.1) is 23.0 Å². The van der Waals surface area contributed by atoms with Crippen LogP contribution in [0.15, 0.2) is 151 Å². The van der Waals surface area contributed by atoms with Gasteiger partial charge in [0.05, 0.1) is 17.8 Å². The molecule has 8 rings (SSSR count). The first-order valence-corrected chi connectivity index (χ1v) is 16.1. The van der Waals surface area contributed by atoms with E-state index in [2.05, 4.69) is 42.3 Å². The van der Waals surface area contributed by atoms with Gasteiger partial charge in [0.15, 0.2) is 11.6 Å². The zero-order valence-electron chi connectivity index (χ0n) is 27.6. The van der Waals surface area contributed by atoms with Crippen molar-refractivity contribution in [2.45, 2.75) is 0 Å². The van der Waals surface area contributed by atoms with Crippen LogP contribution < -0.4 is 0 Å². The molecule has 1 N–H and O–H groups in total. The Bertz CT molecular complexity index is 2610. The highest BCUT2D eigenvalue weighted by atomic mass is 19.1. The van der Waals surface area contributed by atoms with E-state index in [1.807, 2.05) is 91.0 Å². The Morgan fingerprint density at radius 2 is 0.943 bits per heavy atom. The molecule has 0 bridgehead atoms. The molecule has 0 aliphatic rings. The van der Waals surface area contributed by atoms with Gasteiger partial charge in [0.2, 0.25) is 0 Å². The van der Waals surface area contributed by atoms with Gasteiger partial charge in [-0.15, -0.1) is 10.2 Å². The van der Waals surface area contributed by atoms with Crippen LogP contribution in [-0.4, -0.2) is 51.8 Å². The third-order valence-electron chi connectivity index (χ3n) is 8.22. The summed E-state index contributed by atoms with van der Waals surface area (Å²) in [6, 6.07) is 44.6. The Balaban J connectivity index is 0.000000164. The van der Waals surface area contributed by atoms with E-state index in [1.54, 1.807) is 42.5 Å². The van der Waals surface area contributed by atoms with Gasteiger partial charge in [-0.1, -0.05) is 120 Å². The van der Waals surface area contributed by atoms with Crippen LogP contribution in [0.4, 0.5) is 8.78 Å². The maximum Gasteiger partial charge on any atom is 0.187 e. The zero-order valence-corrected chi connectivity index (χ0v) is 27.6. The second kappa shape index (κ2) is 15.4. The molecule has 11 nitrogen and oxygen atoms in total. The number of hydrogen-bond acceptors (Lipinski definition) is 9. The average Bonchev–Trinajstić information content (AvgIpc) is 3.90. The minimum absolute atomic E-state index is 0.260. The number of benzene rings is 6. The number of para-hydroxylation sites is 2. The van der Waals surface area contributed by atoms with E-state index < -0.39 is 11.6 Å². The molecule has 2 aromatic heterocycles. The lowest BCUT2D eigenvalue weighted by molar-refractivity contribution is 0.322. The number of nitrogens with zero attached hydrogens (tertiary/aromatic N) is 10. The lowest BCUT2D eigenvalue weighted by Gasteiger charge is -2.12. The number of tetrazole rings is 2. The first-order chi connectivity index (χ1) is 26.1. The summed E-state index contributed by atoms with van der Waals surface area (Å²) < 4.78 is 31.2. The minimum Gasteiger partial charge on any atom is -0.411 e. The second-order valence-corrected chi connectivity index (χ2v) is 11.3. The van der Waals surface area contributed by atoms with Crippen LogP contribution >= 0.6 is 0 Å². The molecule has 0 saturated carbocycles. The average molecular weight is 701 g/mol. The summed E-state index contributed by atoms with van der Waals surface area (Å²) in [5.74, 6) is -0.0304. The predicted molar refractivity (Wildman–Crippen MR) is 194 cm³/mol. The maximum absolute atomic E-state index is 14.3. The van der Waals surface area contributed by atoms with Crippen molar-refractivity contribution >= 4 is 6.21 Å². The van der Waals surface area contributed by atoms with Crippen LogP contribution in [0.2, 0.25) is 0 Å². The molecule has 2 heterocycles. The third-order valence-corrected chi connectivity index (χ3v) is 8.22. The standard InChI is InChI=1S/C20H14FN5O.C20H12FN5/c21-18-11-5-6-12-19(18)26-20(23-24-25-26)17-10-4-3-9-16(17)15-8-2-1-7-14(15)13-22-27;21-18-11-5-6-12-19(18)26-20(23-24-25-26)17-10-4-3-9-16(17)15-8-2-1-7-14(15)13-22/h1-13,27H;1-12H/b22-13+;. The van der Waals surface area contributed by atoms with E-state index in [0.29, 0.717) is 22.8 Å². The number of nitriles is 1. The summed E-state index contributed by atoms with van der Waals surface area (Å²) in [6.07, 6.45) is 1.37. The molecule has 8 aromatic rings. The van der Waals surface area contributed by atoms with Crippen molar-refractivity contribution in [1.82, 2.24) is 40.4 Å². The molecule has 53 heavy (non-hydrogen) atoms. The monoisotopic (exact) mass is 700 g/mol. The first-order valence-electron chi connectivity index (χ1n) is 16.1. The molecule has 256 valence electrons. The Labute approximate surface area is 301 Å². The fraction of sp³-hybridized carbons (Fsp3) is 0. The maximum atomic E-state index is 14.3. The highest BCUT2D eigenvalue weighted by Gasteiger charge is 2.20. The molecule has 0 amide bonds. The molecular formula is C40H26F2N10O. The van der Waals surface area contributed by atoms with E-state index in [1.165, 1.54) is 27.7 Å². The van der Waals surface area contributed by atoms with Crippen molar-refractivity contribution < 1.29 is 14.0 Å². The van der Waals surface area contributed by atoms with Crippen LogP contribution in [-0.2, 0) is 0 Å². The van der Waals surface area contributed by atoms with E-state index in [-0.39, 0.29) is 11.4 Å². The molecule has 0 fully saturated rings. The minimum atomic E-state index is -0.420. The lowest BCUT2D eigenvalue weighted by atomic mass is 9.95. The summed E-state index contributed by atoms with van der Waals surface area (Å²) >= 11 is 0. The van der Waals surface area contributed by atoms with Gasteiger partial charge in [0.1, 0.15) is 23.0 Å². The van der Waals surface area contributed by atoms with Crippen molar-refractivity contribution in [3.63, 3.8) is 0 Å². The van der Waals surface area contributed by atoms with E-state index in [9.17, 15) is 14.0 Å². The summed E-state index contributed by atoms with van der Waals surface area (Å²) in [5.41, 5.74) is 6.49. The van der Waals surface area contributed by atoms with Crippen molar-refractivity contribution in [3.8, 4) is 62.5 Å². The molecule has 0 spiro atoms. The summed E-state index contributed by atoms with van der Waals surface area (Å²) in [6.45, 7) is 0. The van der Waals surface area contributed by atoms with Crippen molar-refractivity contribution in [3.05, 3.63) is 168 Å². The van der Waals surface area contributed by atoms with Crippen LogP contribution in [0.1, 0.15) is 11.1 Å². The van der Waals surface area contributed by atoms with Gasteiger partial charge in [-0.3, -0.25) is 0 Å². The van der Waals surface area contributed by atoms with Crippen molar-refractivity contribution in [2.75, 3.05) is 0 Å². The van der Waals surface area contributed by atoms with Gasteiger partial charge in [0.25, 0.3) is 0 Å². The largest absolute Gasteiger partial charge is 0.411 e. The molecular weight excluding hydrogens is 675 g/mol. The first kappa shape index (κ1) is 33.8. The molecule has 0 atom stereocenters. The second-order valence-electron chi connectivity index (χ2n) is 11.3. The highest BCUT2D eigenvalue weighted by Crippen LogP contribution is 2.35. The zero-order chi connectivity index (χ0) is 36.6. The lowest BCUT2D eigenvalue weighted by Crippen LogP contribution is -2.03. The highest BCUT2D eigenvalue weighted by molar-refractivity contribution is 5.94. The van der Waals surface area contributed by atoms with Crippen LogP contribution in [0.5, 0.6) is 0 Å². The Kier molecular flexibility index (Phi) is 9.84. The number of halogens is 2. The van der Waals surface area contributed by atoms with Gasteiger partial charge in [-0.2, -0.15) is 14.6 Å². The van der Waals surface area contributed by atoms with Gasteiger partial charge in [0, 0.05) is 22.3 Å². The van der Waals surface area contributed by atoms with E-state index >= 15 is 0 Å². The number of hydrogen-bond donors (Lipinski definition) is 1. The quantitative estimate of drug-likeness (QED) is 0.100. The van der Waals surface area contributed by atoms with Gasteiger partial charge in [-0.25, -0.2) is 8.78 Å². The molecule has 6 aromatic carbocycles. The summed E-state index contributed by atoms with van der Waals surface area (Å²) in [5, 5.41) is 45.1. The molecule has 0 unspecified atom stereocenters. The van der Waals surface area contributed by atoms with E-state index in [0.717, 1.165) is 33.4 Å². The van der Waals surface area contributed by atoms with Crippen LogP contribution in [0.3, 0.4) is 0 Å². The molecule has 0 radical (unpaired) electrons. The third kappa shape index (κ3) is 6.88. The van der Waals surface area contributed by atoms with Gasteiger partial charge in [-0.05, 0) is 67.9 Å². The molecule has 0 saturated heterocycles. The Hall–Kier alpha value is -7.72. The molecule has 0 aliphatic carbocycles. The predicted octanol–water partition coefficient (Wildman–Crippen LogP) is 7.95. The number of aromatic nitrogens is 8. The summed E-state index contributed by atoms with van der Waals surface area (Å²) in [7, 11) is 0. The normalized spacial score (nSPS) is 10.8. The fourth-order valence-corrected chi connectivity index (χ4v) is 5.84. The summed E-state index contributed by atoms with van der Waals surface area (Å²) in [4.78, 5) is 0. The van der Waals surface area contributed by atoms with E-state index in [4.69, 9.17) is 5.21 Å². The van der Waals surface area contributed by atoms with Crippen molar-refractivity contribution in [1.29, 1.82) is 5.26 Å². The Morgan fingerprint density at radius 1 is 0.528 bits per heavy atom. The van der Waals surface area contributed by atoms with Crippen molar-refractivity contribution in [2.24, 2.45) is 5.16 Å².